The second kappa shape index (κ2) is 10.9. The van der Waals surface area contributed by atoms with Crippen LogP contribution in [0.5, 0.6) is 0 Å². The molecule has 2 heterocycles. The summed E-state index contributed by atoms with van der Waals surface area (Å²) in [5, 5.41) is 6.76. The molecule has 0 radical (unpaired) electrons. The van der Waals surface area contributed by atoms with Crippen LogP contribution in [0.15, 0.2) is 33.5 Å². The molecule has 180 valence electrons. The van der Waals surface area contributed by atoms with Gasteiger partial charge in [0.1, 0.15) is 17.4 Å². The molecule has 0 saturated carbocycles. The van der Waals surface area contributed by atoms with E-state index in [0.717, 1.165) is 15.1 Å². The Hall–Kier alpha value is -3.80. The summed E-state index contributed by atoms with van der Waals surface area (Å²) in [4.78, 5) is 49.6. The van der Waals surface area contributed by atoms with E-state index in [2.05, 4.69) is 10.4 Å². The lowest BCUT2D eigenvalue weighted by Crippen LogP contribution is -2.26. The third kappa shape index (κ3) is 5.76. The number of nitrogens with one attached hydrogen (secondary N) is 1. The molecule has 12 heteroatoms. The lowest BCUT2D eigenvalue weighted by molar-refractivity contribution is -0.148. The topological polar surface area (TPSA) is 130 Å². The summed E-state index contributed by atoms with van der Waals surface area (Å²) in [5.41, 5.74) is 1.41. The Morgan fingerprint density at radius 1 is 1.18 bits per heavy atom. The number of amides is 1. The first-order valence-corrected chi connectivity index (χ1v) is 11.1. The van der Waals surface area contributed by atoms with E-state index in [1.165, 1.54) is 35.6 Å². The maximum absolute atomic E-state index is 13.0. The van der Waals surface area contributed by atoms with Gasteiger partial charge in [-0.15, -0.1) is 16.4 Å². The molecule has 0 aliphatic heterocycles. The van der Waals surface area contributed by atoms with Gasteiger partial charge in [0.25, 0.3) is 5.91 Å². The van der Waals surface area contributed by atoms with Crippen molar-refractivity contribution in [2.24, 2.45) is 0 Å². The molecule has 2 aromatic heterocycles. The van der Waals surface area contributed by atoms with Gasteiger partial charge in [0.2, 0.25) is 5.89 Å². The molecule has 0 unspecified atom stereocenters. The Balaban J connectivity index is 1.61. The summed E-state index contributed by atoms with van der Waals surface area (Å²) >= 11 is 1.22. The quantitative estimate of drug-likeness (QED) is 0.452. The average Bonchev–Trinajstić information content (AvgIpc) is 3.31. The van der Waals surface area contributed by atoms with Gasteiger partial charge in [0.15, 0.2) is 6.61 Å². The predicted molar refractivity (Wildman–Crippen MR) is 120 cm³/mol. The van der Waals surface area contributed by atoms with Gasteiger partial charge in [-0.1, -0.05) is 6.92 Å². The van der Waals surface area contributed by atoms with Crippen molar-refractivity contribution in [3.05, 3.63) is 56.6 Å². The predicted octanol–water partition coefficient (Wildman–Crippen LogP) is 2.93. The number of hydrogen-bond acceptors (Lipinski definition) is 9. The van der Waals surface area contributed by atoms with Gasteiger partial charge < -0.3 is 19.2 Å². The van der Waals surface area contributed by atoms with Crippen molar-refractivity contribution in [2.75, 3.05) is 18.5 Å². The van der Waals surface area contributed by atoms with Crippen LogP contribution < -0.4 is 11.1 Å². The number of aromatic nitrogens is 2. The van der Waals surface area contributed by atoms with E-state index in [0.29, 0.717) is 17.0 Å². The maximum atomic E-state index is 13.0. The zero-order valence-electron chi connectivity index (χ0n) is 18.7. The van der Waals surface area contributed by atoms with Crippen molar-refractivity contribution >= 4 is 34.2 Å². The van der Waals surface area contributed by atoms with Crippen molar-refractivity contribution in [1.29, 1.82) is 0 Å². The molecule has 0 spiro atoms. The van der Waals surface area contributed by atoms with Crippen LogP contribution in [-0.4, -0.2) is 40.8 Å². The van der Waals surface area contributed by atoms with Crippen LogP contribution >= 0.6 is 11.3 Å². The highest BCUT2D eigenvalue weighted by Gasteiger charge is 2.24. The molecule has 10 nitrogen and oxygen atoms in total. The SMILES string of the molecule is CCOC(=O)c1c(NC(=O)COC(=O)Cn2nc(-c3ccc(F)cc3)oc2=O)sc(C)c1CC. The van der Waals surface area contributed by atoms with Gasteiger partial charge in [-0.25, -0.2) is 14.0 Å². The second-order valence-corrected chi connectivity index (χ2v) is 8.19. The number of aryl methyl sites for hydroxylation is 1. The molecular weight excluding hydrogens is 469 g/mol. The fourth-order valence-electron chi connectivity index (χ4n) is 3.10. The Morgan fingerprint density at radius 3 is 2.53 bits per heavy atom. The van der Waals surface area contributed by atoms with Gasteiger partial charge in [-0.2, -0.15) is 4.68 Å². The standard InChI is InChI=1S/C22H22FN3O7S/c1-4-15-12(3)34-20(18(15)21(29)31-5-2)24-16(27)11-32-17(28)10-26-22(30)33-19(25-26)13-6-8-14(23)9-7-13/h6-9H,4-5,10-11H2,1-3H3,(H,24,27). The van der Waals surface area contributed by atoms with Crippen LogP contribution in [0, 0.1) is 12.7 Å². The monoisotopic (exact) mass is 491 g/mol. The Labute approximate surface area is 197 Å². The summed E-state index contributed by atoms with van der Waals surface area (Å²) in [6.07, 6.45) is 0.577. The number of hydrogen-bond donors (Lipinski definition) is 1. The lowest BCUT2D eigenvalue weighted by atomic mass is 10.1. The van der Waals surface area contributed by atoms with Gasteiger partial charge in [-0.3, -0.25) is 9.59 Å². The van der Waals surface area contributed by atoms with Gasteiger partial charge in [0, 0.05) is 10.4 Å². The van der Waals surface area contributed by atoms with E-state index >= 15 is 0 Å². The molecule has 0 fully saturated rings. The number of rotatable bonds is 9. The number of carbonyl (C=O) groups is 3. The molecule has 1 amide bonds. The molecule has 0 bridgehead atoms. The van der Waals surface area contributed by atoms with Crippen LogP contribution in [0.3, 0.4) is 0 Å². The number of ether oxygens (including phenoxy) is 2. The summed E-state index contributed by atoms with van der Waals surface area (Å²) in [6.45, 7) is 4.35. The number of nitrogens with zero attached hydrogens (tertiary/aromatic N) is 2. The van der Waals surface area contributed by atoms with Crippen molar-refractivity contribution in [2.45, 2.75) is 33.7 Å². The minimum Gasteiger partial charge on any atom is -0.462 e. The molecule has 3 rings (SSSR count). The minimum atomic E-state index is -0.916. The number of carbonyl (C=O) groups excluding carboxylic acids is 3. The average molecular weight is 491 g/mol. The third-order valence-corrected chi connectivity index (χ3v) is 5.70. The van der Waals surface area contributed by atoms with Gasteiger partial charge in [0.05, 0.1) is 12.2 Å². The van der Waals surface area contributed by atoms with Crippen LogP contribution in [0.1, 0.15) is 34.6 Å². The van der Waals surface area contributed by atoms with E-state index in [9.17, 15) is 23.6 Å². The number of anilines is 1. The molecule has 1 aromatic carbocycles. The molecular formula is C22H22FN3O7S. The first-order chi connectivity index (χ1) is 16.2. The molecule has 3 aromatic rings. The minimum absolute atomic E-state index is 0.0955. The summed E-state index contributed by atoms with van der Waals surface area (Å²) in [6, 6.07) is 5.09. The first-order valence-electron chi connectivity index (χ1n) is 10.3. The number of benzene rings is 1. The van der Waals surface area contributed by atoms with E-state index < -0.39 is 42.6 Å². The summed E-state index contributed by atoms with van der Waals surface area (Å²) in [7, 11) is 0. The maximum Gasteiger partial charge on any atom is 0.437 e. The van der Waals surface area contributed by atoms with Crippen LogP contribution in [0.25, 0.3) is 11.5 Å². The second-order valence-electron chi connectivity index (χ2n) is 6.96. The van der Waals surface area contributed by atoms with Crippen molar-refractivity contribution in [3.8, 4) is 11.5 Å². The summed E-state index contributed by atoms with van der Waals surface area (Å²) in [5.74, 6) is -3.59. The van der Waals surface area contributed by atoms with Crippen LogP contribution in [0.4, 0.5) is 9.39 Å². The van der Waals surface area contributed by atoms with Crippen LogP contribution in [-0.2, 0) is 32.0 Å². The normalized spacial score (nSPS) is 10.7. The molecule has 1 N–H and O–H groups in total. The number of esters is 2. The molecule has 0 aliphatic rings. The van der Waals surface area contributed by atoms with Gasteiger partial charge >= 0.3 is 17.7 Å². The fourth-order valence-corrected chi connectivity index (χ4v) is 4.25. The molecule has 0 atom stereocenters. The molecule has 34 heavy (non-hydrogen) atoms. The smallest absolute Gasteiger partial charge is 0.437 e. The Bertz CT molecular complexity index is 1260. The van der Waals surface area contributed by atoms with Crippen molar-refractivity contribution in [1.82, 2.24) is 9.78 Å². The molecule has 0 saturated heterocycles. The van der Waals surface area contributed by atoms with Crippen molar-refractivity contribution in [3.63, 3.8) is 0 Å². The van der Waals surface area contributed by atoms with E-state index in [1.807, 2.05) is 13.8 Å². The lowest BCUT2D eigenvalue weighted by Gasteiger charge is -2.08. The highest BCUT2D eigenvalue weighted by Crippen LogP contribution is 2.34. The Morgan fingerprint density at radius 2 is 1.88 bits per heavy atom. The molecule has 0 aliphatic carbocycles. The van der Waals surface area contributed by atoms with E-state index in [1.54, 1.807) is 6.92 Å². The number of thiophene rings is 1. The van der Waals surface area contributed by atoms with E-state index in [4.69, 9.17) is 13.9 Å². The zero-order chi connectivity index (χ0) is 24.8. The fraction of sp³-hybridized carbons (Fsp3) is 0.318. The van der Waals surface area contributed by atoms with E-state index in [-0.39, 0.29) is 18.1 Å². The Kier molecular flexibility index (Phi) is 7.95. The highest BCUT2D eigenvalue weighted by molar-refractivity contribution is 7.16. The zero-order valence-corrected chi connectivity index (χ0v) is 19.5. The number of halogens is 1. The van der Waals surface area contributed by atoms with Gasteiger partial charge in [-0.05, 0) is 50.1 Å². The summed E-state index contributed by atoms with van der Waals surface area (Å²) < 4.78 is 28.8. The highest BCUT2D eigenvalue weighted by atomic mass is 32.1. The largest absolute Gasteiger partial charge is 0.462 e. The van der Waals surface area contributed by atoms with Crippen molar-refractivity contribution < 1.29 is 32.7 Å². The first kappa shape index (κ1) is 24.8. The van der Waals surface area contributed by atoms with Crippen LogP contribution in [0.2, 0.25) is 0 Å². The third-order valence-electron chi connectivity index (χ3n) is 4.64.